The molecule has 2 aromatic rings. The van der Waals surface area contributed by atoms with Crippen molar-refractivity contribution in [2.75, 3.05) is 0 Å². The first kappa shape index (κ1) is 10.7. The van der Waals surface area contributed by atoms with E-state index in [1.807, 2.05) is 6.07 Å². The quantitative estimate of drug-likeness (QED) is 0.763. The topological polar surface area (TPSA) is 41.6 Å². The maximum atomic E-state index is 13.0. The number of benzene rings is 1. The molecule has 1 aromatic heterocycles. The Morgan fingerprint density at radius 1 is 1.44 bits per heavy atom. The first-order valence-corrected chi connectivity index (χ1v) is 4.89. The number of aryl methyl sites for hydroxylation is 1. The molecule has 0 spiro atoms. The lowest BCUT2D eigenvalue weighted by Crippen LogP contribution is -1.94. The number of nitriles is 1. The highest BCUT2D eigenvalue weighted by Gasteiger charge is 2.09. The van der Waals surface area contributed by atoms with E-state index < -0.39 is 5.82 Å². The molecule has 0 aliphatic carbocycles. The summed E-state index contributed by atoms with van der Waals surface area (Å²) in [5.41, 5.74) is 1.76. The maximum absolute atomic E-state index is 13.0. The lowest BCUT2D eigenvalue weighted by atomic mass is 10.1. The van der Waals surface area contributed by atoms with E-state index in [-0.39, 0.29) is 5.02 Å². The molecular weight excluding hydrogens is 229 g/mol. The molecule has 1 heterocycles. The van der Waals surface area contributed by atoms with Crippen molar-refractivity contribution < 1.29 is 4.39 Å². The van der Waals surface area contributed by atoms with E-state index in [0.717, 1.165) is 11.3 Å². The molecule has 0 N–H and O–H groups in total. The molecule has 2 rings (SSSR count). The number of halogens is 2. The third-order valence-electron chi connectivity index (χ3n) is 2.21. The average molecular weight is 236 g/mol. The Labute approximate surface area is 96.7 Å². The van der Waals surface area contributed by atoms with E-state index in [2.05, 4.69) is 5.10 Å². The zero-order valence-corrected chi connectivity index (χ0v) is 9.16. The Morgan fingerprint density at radius 2 is 2.19 bits per heavy atom. The van der Waals surface area contributed by atoms with Crippen LogP contribution in [0.1, 0.15) is 5.69 Å². The van der Waals surface area contributed by atoms with Crippen LogP contribution in [0.5, 0.6) is 0 Å². The molecule has 16 heavy (non-hydrogen) atoms. The summed E-state index contributed by atoms with van der Waals surface area (Å²) in [5, 5.41) is 12.7. The largest absolute Gasteiger partial charge is 0.267 e. The zero-order valence-electron chi connectivity index (χ0n) is 8.41. The first-order valence-electron chi connectivity index (χ1n) is 4.51. The summed E-state index contributed by atoms with van der Waals surface area (Å²) in [6.45, 7) is 0. The van der Waals surface area contributed by atoms with Crippen molar-refractivity contribution in [3.8, 4) is 17.3 Å². The van der Waals surface area contributed by atoms with Crippen molar-refractivity contribution in [3.63, 3.8) is 0 Å². The second-order valence-electron chi connectivity index (χ2n) is 3.28. The van der Waals surface area contributed by atoms with Crippen molar-refractivity contribution in [2.45, 2.75) is 0 Å². The number of hydrogen-bond donors (Lipinski definition) is 0. The van der Waals surface area contributed by atoms with Crippen molar-refractivity contribution in [3.05, 3.63) is 40.8 Å². The molecule has 0 fully saturated rings. The van der Waals surface area contributed by atoms with Crippen LogP contribution in [0, 0.1) is 17.1 Å². The summed E-state index contributed by atoms with van der Waals surface area (Å²) in [5.74, 6) is -0.465. The molecule has 0 radical (unpaired) electrons. The van der Waals surface area contributed by atoms with Crippen LogP contribution in [0.3, 0.4) is 0 Å². The summed E-state index contributed by atoms with van der Waals surface area (Å²) in [4.78, 5) is 0. The van der Waals surface area contributed by atoms with Gasteiger partial charge in [-0.05, 0) is 18.2 Å². The van der Waals surface area contributed by atoms with E-state index in [0.29, 0.717) is 5.69 Å². The van der Waals surface area contributed by atoms with Gasteiger partial charge >= 0.3 is 0 Å². The maximum Gasteiger partial charge on any atom is 0.163 e. The Bertz CT molecular complexity index is 583. The summed E-state index contributed by atoms with van der Waals surface area (Å²) >= 11 is 5.69. The highest BCUT2D eigenvalue weighted by molar-refractivity contribution is 6.31. The minimum atomic E-state index is -0.465. The van der Waals surface area contributed by atoms with Crippen LogP contribution in [0.2, 0.25) is 5.02 Å². The monoisotopic (exact) mass is 235 g/mol. The molecule has 0 unspecified atom stereocenters. The standard InChI is InChI=1S/C11H7ClFN3/c1-16-11(5-8(6-14)15-16)7-2-3-10(13)9(12)4-7/h2-5H,1H3. The van der Waals surface area contributed by atoms with Gasteiger partial charge in [-0.1, -0.05) is 11.6 Å². The highest BCUT2D eigenvalue weighted by atomic mass is 35.5. The summed E-state index contributed by atoms with van der Waals surface area (Å²) in [6.07, 6.45) is 0. The fourth-order valence-electron chi connectivity index (χ4n) is 1.45. The molecule has 0 saturated carbocycles. The van der Waals surface area contributed by atoms with Crippen LogP contribution >= 0.6 is 11.6 Å². The average Bonchev–Trinajstić information content (AvgIpc) is 2.64. The molecule has 5 heteroatoms. The van der Waals surface area contributed by atoms with Gasteiger partial charge in [0.05, 0.1) is 10.7 Å². The number of hydrogen-bond acceptors (Lipinski definition) is 2. The van der Waals surface area contributed by atoms with E-state index in [9.17, 15) is 4.39 Å². The van der Waals surface area contributed by atoms with Crippen molar-refractivity contribution >= 4 is 11.6 Å². The van der Waals surface area contributed by atoms with Gasteiger partial charge in [0.15, 0.2) is 5.69 Å². The highest BCUT2D eigenvalue weighted by Crippen LogP contribution is 2.24. The predicted octanol–water partition coefficient (Wildman–Crippen LogP) is 2.75. The third kappa shape index (κ3) is 1.77. The van der Waals surface area contributed by atoms with Gasteiger partial charge in [0.25, 0.3) is 0 Å². The smallest absolute Gasteiger partial charge is 0.163 e. The Balaban J connectivity index is 2.55. The lowest BCUT2D eigenvalue weighted by Gasteiger charge is -2.02. The van der Waals surface area contributed by atoms with Gasteiger partial charge in [-0.3, -0.25) is 4.68 Å². The van der Waals surface area contributed by atoms with Crippen molar-refractivity contribution in [1.29, 1.82) is 5.26 Å². The Kier molecular flexibility index (Phi) is 2.63. The molecule has 80 valence electrons. The normalized spacial score (nSPS) is 10.1. The summed E-state index contributed by atoms with van der Waals surface area (Å²) in [6, 6.07) is 7.97. The van der Waals surface area contributed by atoms with Gasteiger partial charge in [-0.15, -0.1) is 0 Å². The second kappa shape index (κ2) is 3.95. The Hall–Kier alpha value is -1.86. The molecule has 0 saturated heterocycles. The van der Waals surface area contributed by atoms with Crippen LogP contribution in [-0.2, 0) is 7.05 Å². The van der Waals surface area contributed by atoms with Crippen molar-refractivity contribution in [1.82, 2.24) is 9.78 Å². The fourth-order valence-corrected chi connectivity index (χ4v) is 1.63. The molecule has 0 bridgehead atoms. The number of rotatable bonds is 1. The van der Waals surface area contributed by atoms with Gasteiger partial charge in [-0.2, -0.15) is 10.4 Å². The first-order chi connectivity index (χ1) is 7.61. The van der Waals surface area contributed by atoms with Crippen LogP contribution in [0.15, 0.2) is 24.3 Å². The summed E-state index contributed by atoms with van der Waals surface area (Å²) in [7, 11) is 1.72. The van der Waals surface area contributed by atoms with E-state index >= 15 is 0 Å². The number of aromatic nitrogens is 2. The summed E-state index contributed by atoms with van der Waals surface area (Å²) < 4.78 is 14.5. The van der Waals surface area contributed by atoms with Gasteiger partial charge in [-0.25, -0.2) is 4.39 Å². The fraction of sp³-hybridized carbons (Fsp3) is 0.0909. The molecule has 0 aliphatic rings. The van der Waals surface area contributed by atoms with Gasteiger partial charge < -0.3 is 0 Å². The zero-order chi connectivity index (χ0) is 11.7. The molecule has 3 nitrogen and oxygen atoms in total. The minimum absolute atomic E-state index is 0.0530. The van der Waals surface area contributed by atoms with Crippen LogP contribution in [0.25, 0.3) is 11.3 Å². The Morgan fingerprint density at radius 3 is 2.75 bits per heavy atom. The lowest BCUT2D eigenvalue weighted by molar-refractivity contribution is 0.628. The van der Waals surface area contributed by atoms with Crippen LogP contribution in [-0.4, -0.2) is 9.78 Å². The van der Waals surface area contributed by atoms with E-state index in [1.165, 1.54) is 12.1 Å². The molecular formula is C11H7ClFN3. The van der Waals surface area contributed by atoms with Crippen LogP contribution < -0.4 is 0 Å². The predicted molar refractivity (Wildman–Crippen MR) is 58.3 cm³/mol. The molecule has 0 aliphatic heterocycles. The van der Waals surface area contributed by atoms with Gasteiger partial charge in [0.1, 0.15) is 11.9 Å². The minimum Gasteiger partial charge on any atom is -0.267 e. The number of nitrogens with zero attached hydrogens (tertiary/aromatic N) is 3. The SMILES string of the molecule is Cn1nc(C#N)cc1-c1ccc(F)c(Cl)c1. The van der Waals surface area contributed by atoms with Crippen LogP contribution in [0.4, 0.5) is 4.39 Å². The second-order valence-corrected chi connectivity index (χ2v) is 3.69. The van der Waals surface area contributed by atoms with E-state index in [4.69, 9.17) is 16.9 Å². The van der Waals surface area contributed by atoms with Crippen molar-refractivity contribution in [2.24, 2.45) is 7.05 Å². The third-order valence-corrected chi connectivity index (χ3v) is 2.50. The molecule has 0 atom stereocenters. The van der Waals surface area contributed by atoms with Gasteiger partial charge in [0, 0.05) is 18.7 Å². The van der Waals surface area contributed by atoms with Gasteiger partial charge in [0.2, 0.25) is 0 Å². The molecule has 1 aromatic carbocycles. The molecule has 0 amide bonds. The van der Waals surface area contributed by atoms with E-state index in [1.54, 1.807) is 23.9 Å².